The van der Waals surface area contributed by atoms with Crippen LogP contribution in [0.25, 0.3) is 0 Å². The smallest absolute Gasteiger partial charge is 0.326 e. The number of nitrogens with zero attached hydrogens (tertiary/aromatic N) is 1. The quantitative estimate of drug-likeness (QED) is 0.599. The van der Waals surface area contributed by atoms with Gasteiger partial charge < -0.3 is 19.5 Å². The van der Waals surface area contributed by atoms with E-state index in [-0.39, 0.29) is 12.1 Å². The minimum Gasteiger partial charge on any atom is -0.493 e. The molecule has 0 aliphatic carbocycles. The van der Waals surface area contributed by atoms with E-state index in [1.54, 1.807) is 6.07 Å². The number of aliphatic carboxylic acids is 1. The highest BCUT2D eigenvalue weighted by atomic mass is 16.5. The molecule has 7 nitrogen and oxygen atoms in total. The van der Waals surface area contributed by atoms with Crippen molar-refractivity contribution < 1.29 is 29.0 Å². The lowest BCUT2D eigenvalue weighted by atomic mass is 10.0. The zero-order valence-corrected chi connectivity index (χ0v) is 14.5. The van der Waals surface area contributed by atoms with Crippen LogP contribution in [0.4, 0.5) is 0 Å². The van der Waals surface area contributed by atoms with Gasteiger partial charge in [0.2, 0.25) is 0 Å². The Labute approximate surface area is 146 Å². The summed E-state index contributed by atoms with van der Waals surface area (Å²) in [5.74, 6) is -1.76. The average Bonchev–Trinajstić information content (AvgIpc) is 2.64. The zero-order valence-electron chi connectivity index (χ0n) is 14.5. The van der Waals surface area contributed by atoms with Crippen LogP contribution in [0.2, 0.25) is 0 Å². The summed E-state index contributed by atoms with van der Waals surface area (Å²) in [6.45, 7) is 2.68. The lowest BCUT2D eigenvalue weighted by Crippen LogP contribution is -2.50. The van der Waals surface area contributed by atoms with Crippen molar-refractivity contribution in [3.8, 4) is 11.5 Å². The van der Waals surface area contributed by atoms with Gasteiger partial charge in [-0.05, 0) is 43.9 Å². The molecule has 0 saturated carbocycles. The van der Waals surface area contributed by atoms with E-state index in [9.17, 15) is 19.5 Å². The van der Waals surface area contributed by atoms with Gasteiger partial charge in [0, 0.05) is 12.1 Å². The molecule has 1 N–H and O–H groups in total. The van der Waals surface area contributed by atoms with E-state index in [1.807, 2.05) is 6.92 Å². The van der Waals surface area contributed by atoms with Crippen LogP contribution in [-0.2, 0) is 9.59 Å². The molecule has 136 valence electrons. The number of piperidine rings is 1. The van der Waals surface area contributed by atoms with Crippen molar-refractivity contribution in [2.24, 2.45) is 0 Å². The van der Waals surface area contributed by atoms with Gasteiger partial charge in [-0.1, -0.05) is 6.92 Å². The second kappa shape index (κ2) is 8.50. The van der Waals surface area contributed by atoms with E-state index in [0.29, 0.717) is 30.9 Å². The third-order valence-corrected chi connectivity index (χ3v) is 4.13. The second-order valence-corrected chi connectivity index (χ2v) is 5.89. The van der Waals surface area contributed by atoms with Crippen LogP contribution < -0.4 is 9.47 Å². The summed E-state index contributed by atoms with van der Waals surface area (Å²) in [6.07, 6.45) is 2.57. The maximum Gasteiger partial charge on any atom is 0.326 e. The van der Waals surface area contributed by atoms with Gasteiger partial charge in [0.1, 0.15) is 6.04 Å². The van der Waals surface area contributed by atoms with E-state index in [4.69, 9.17) is 9.47 Å². The van der Waals surface area contributed by atoms with E-state index >= 15 is 0 Å². The summed E-state index contributed by atoms with van der Waals surface area (Å²) in [5, 5.41) is 9.28. The molecule has 25 heavy (non-hydrogen) atoms. The molecule has 1 heterocycles. The molecule has 1 atom stereocenters. The van der Waals surface area contributed by atoms with Crippen LogP contribution in [0.15, 0.2) is 18.2 Å². The molecule has 1 aromatic rings. The summed E-state index contributed by atoms with van der Waals surface area (Å²) in [4.78, 5) is 37.6. The molecule has 0 spiro atoms. The number of carbonyl (C=O) groups is 3. The van der Waals surface area contributed by atoms with Crippen LogP contribution in [0.3, 0.4) is 0 Å². The first-order valence-corrected chi connectivity index (χ1v) is 8.38. The number of ether oxygens (including phenoxy) is 2. The topological polar surface area (TPSA) is 93.1 Å². The Hall–Kier alpha value is -2.57. The van der Waals surface area contributed by atoms with Crippen LogP contribution in [0.1, 0.15) is 43.0 Å². The number of benzene rings is 1. The van der Waals surface area contributed by atoms with E-state index < -0.39 is 23.7 Å². The minimum absolute atomic E-state index is 0.159. The number of rotatable bonds is 7. The van der Waals surface area contributed by atoms with Crippen LogP contribution in [0.5, 0.6) is 11.5 Å². The first kappa shape index (κ1) is 18.8. The fourth-order valence-electron chi connectivity index (χ4n) is 2.83. The molecule has 2 rings (SSSR count). The molecule has 1 fully saturated rings. The van der Waals surface area contributed by atoms with Crippen molar-refractivity contribution in [1.82, 2.24) is 4.90 Å². The lowest BCUT2D eigenvalue weighted by Gasteiger charge is -2.32. The number of carboxylic acids is 1. The van der Waals surface area contributed by atoms with Gasteiger partial charge in [-0.2, -0.15) is 0 Å². The fraction of sp³-hybridized carbons (Fsp3) is 0.500. The molecular formula is C18H23NO6. The van der Waals surface area contributed by atoms with Gasteiger partial charge in [0.25, 0.3) is 11.7 Å². The molecule has 1 aliphatic heterocycles. The van der Waals surface area contributed by atoms with E-state index in [2.05, 4.69) is 0 Å². The predicted molar refractivity (Wildman–Crippen MR) is 90.1 cm³/mol. The van der Waals surface area contributed by atoms with Crippen molar-refractivity contribution in [3.63, 3.8) is 0 Å². The number of methoxy groups -OCH3 is 1. The highest BCUT2D eigenvalue weighted by molar-refractivity contribution is 6.43. The maximum absolute atomic E-state index is 12.6. The number of hydrogen-bond acceptors (Lipinski definition) is 5. The van der Waals surface area contributed by atoms with Crippen LogP contribution >= 0.6 is 0 Å². The highest BCUT2D eigenvalue weighted by Crippen LogP contribution is 2.29. The lowest BCUT2D eigenvalue weighted by molar-refractivity contribution is -0.150. The number of carbonyl (C=O) groups excluding carboxylic acids is 2. The summed E-state index contributed by atoms with van der Waals surface area (Å²) in [7, 11) is 1.49. The van der Waals surface area contributed by atoms with E-state index in [0.717, 1.165) is 17.7 Å². The van der Waals surface area contributed by atoms with E-state index in [1.165, 1.54) is 19.2 Å². The van der Waals surface area contributed by atoms with Gasteiger partial charge in [0.05, 0.1) is 13.7 Å². The zero-order chi connectivity index (χ0) is 18.4. The van der Waals surface area contributed by atoms with Gasteiger partial charge in [0.15, 0.2) is 11.5 Å². The number of likely N-dealkylation sites (tertiary alicyclic amines) is 1. The van der Waals surface area contributed by atoms with Crippen LogP contribution in [-0.4, -0.2) is 54.0 Å². The molecule has 0 aromatic heterocycles. The Bertz CT molecular complexity index is 657. The van der Waals surface area contributed by atoms with Crippen molar-refractivity contribution in [3.05, 3.63) is 23.8 Å². The van der Waals surface area contributed by atoms with Crippen molar-refractivity contribution in [1.29, 1.82) is 0 Å². The van der Waals surface area contributed by atoms with Crippen molar-refractivity contribution >= 4 is 17.7 Å². The molecule has 0 radical (unpaired) electrons. The molecule has 7 heteroatoms. The number of Topliss-reactive ketones (excluding diaryl/α,β-unsaturated/α-hetero) is 1. The number of carboxylic acid groups (broad SMARTS) is 1. The largest absolute Gasteiger partial charge is 0.493 e. The number of ketones is 1. The number of hydrogen-bond donors (Lipinski definition) is 1. The molecule has 0 bridgehead atoms. The second-order valence-electron chi connectivity index (χ2n) is 5.89. The summed E-state index contributed by atoms with van der Waals surface area (Å²) < 4.78 is 10.7. The molecule has 1 saturated heterocycles. The molecule has 1 unspecified atom stereocenters. The standard InChI is InChI=1S/C18H23NO6/c1-3-10-25-15-11-12(7-8-14(15)24-2)16(20)17(21)19-9-5-4-6-13(19)18(22)23/h7-8,11,13H,3-6,9-10H2,1-2H3,(H,22,23). The monoisotopic (exact) mass is 349 g/mol. The van der Waals surface area contributed by atoms with Crippen molar-refractivity contribution in [2.75, 3.05) is 20.3 Å². The SMILES string of the molecule is CCCOc1cc(C(=O)C(=O)N2CCCCC2C(=O)O)ccc1OC. The Kier molecular flexibility index (Phi) is 6.38. The fourth-order valence-corrected chi connectivity index (χ4v) is 2.83. The van der Waals surface area contributed by atoms with Gasteiger partial charge >= 0.3 is 5.97 Å². The Morgan fingerprint density at radius 2 is 2.00 bits per heavy atom. The molecule has 1 aliphatic rings. The average molecular weight is 349 g/mol. The van der Waals surface area contributed by atoms with Crippen molar-refractivity contribution in [2.45, 2.75) is 38.6 Å². The summed E-state index contributed by atoms with van der Waals surface area (Å²) in [6, 6.07) is 3.57. The molecule has 1 amide bonds. The first-order chi connectivity index (χ1) is 12.0. The third-order valence-electron chi connectivity index (χ3n) is 4.13. The first-order valence-electron chi connectivity index (χ1n) is 8.38. The van der Waals surface area contributed by atoms with Gasteiger partial charge in [-0.25, -0.2) is 4.79 Å². The summed E-state index contributed by atoms with van der Waals surface area (Å²) in [5.41, 5.74) is 0.159. The maximum atomic E-state index is 12.6. The highest BCUT2D eigenvalue weighted by Gasteiger charge is 2.35. The number of amides is 1. The van der Waals surface area contributed by atoms with Gasteiger partial charge in [-0.3, -0.25) is 9.59 Å². The molecule has 1 aromatic carbocycles. The Balaban J connectivity index is 2.23. The Morgan fingerprint density at radius 1 is 1.24 bits per heavy atom. The normalized spacial score (nSPS) is 17.0. The summed E-state index contributed by atoms with van der Waals surface area (Å²) >= 11 is 0. The van der Waals surface area contributed by atoms with Gasteiger partial charge in [-0.15, -0.1) is 0 Å². The predicted octanol–water partition coefficient (Wildman–Crippen LogP) is 2.13. The molecular weight excluding hydrogens is 326 g/mol. The minimum atomic E-state index is -1.08. The Morgan fingerprint density at radius 3 is 2.64 bits per heavy atom. The van der Waals surface area contributed by atoms with Crippen LogP contribution in [0, 0.1) is 0 Å². The third kappa shape index (κ3) is 4.29.